The number of ketones is 1. The minimum atomic E-state index is -1.62. The van der Waals surface area contributed by atoms with E-state index in [0.717, 1.165) is 6.07 Å². The Labute approximate surface area is 174 Å². The van der Waals surface area contributed by atoms with E-state index in [4.69, 9.17) is 4.52 Å². The number of aromatic nitrogens is 1. The van der Waals surface area contributed by atoms with Crippen LogP contribution >= 0.6 is 15.9 Å². The Hall–Kier alpha value is -1.45. The van der Waals surface area contributed by atoms with Crippen molar-refractivity contribution in [3.05, 3.63) is 50.8 Å². The minimum absolute atomic E-state index is 0.0264. The molecule has 9 heteroatoms. The van der Waals surface area contributed by atoms with E-state index < -0.39 is 32.9 Å². The fraction of sp³-hybridized carbons (Fsp3) is 0.474. The van der Waals surface area contributed by atoms with Crippen molar-refractivity contribution in [2.75, 3.05) is 0 Å². The number of hydrogen-bond donors (Lipinski definition) is 1. The molecule has 0 aliphatic carbocycles. The van der Waals surface area contributed by atoms with Crippen molar-refractivity contribution in [3.63, 3.8) is 0 Å². The lowest BCUT2D eigenvalue weighted by Gasteiger charge is -2.34. The Morgan fingerprint density at radius 2 is 1.82 bits per heavy atom. The molecule has 0 aliphatic rings. The summed E-state index contributed by atoms with van der Waals surface area (Å²) >= 11 is 3.05. The molecule has 28 heavy (non-hydrogen) atoms. The number of Topliss-reactive ketones (excluding diaryl/α,β-unsaturated/α-hetero) is 1. The van der Waals surface area contributed by atoms with Crippen LogP contribution in [0.15, 0.2) is 21.1 Å². The van der Waals surface area contributed by atoms with E-state index in [1.165, 1.54) is 6.07 Å². The fourth-order valence-corrected chi connectivity index (χ4v) is 4.02. The summed E-state index contributed by atoms with van der Waals surface area (Å²) in [7, 11) is -1.62. The number of hydrogen-bond acceptors (Lipinski definition) is 4. The van der Waals surface area contributed by atoms with Crippen LogP contribution in [-0.2, 0) is 16.5 Å². The molecule has 0 saturated heterocycles. The summed E-state index contributed by atoms with van der Waals surface area (Å²) in [5.74, 6) is -1.61. The number of aryl methyl sites for hydroxylation is 2. The van der Waals surface area contributed by atoms with E-state index in [0.29, 0.717) is 17.0 Å². The van der Waals surface area contributed by atoms with Crippen LogP contribution in [0.4, 0.5) is 8.78 Å². The first-order valence-corrected chi connectivity index (χ1v) is 10.5. The van der Waals surface area contributed by atoms with Gasteiger partial charge in [-0.25, -0.2) is 17.7 Å². The van der Waals surface area contributed by atoms with Gasteiger partial charge in [-0.05, 0) is 63.5 Å². The second kappa shape index (κ2) is 8.12. The van der Waals surface area contributed by atoms with Crippen LogP contribution in [0.2, 0.25) is 0 Å². The maximum Gasteiger partial charge on any atom is 0.170 e. The van der Waals surface area contributed by atoms with Gasteiger partial charge in [-0.1, -0.05) is 5.16 Å². The van der Waals surface area contributed by atoms with Gasteiger partial charge in [0.25, 0.3) is 0 Å². The standard InChI is InChI=1S/C19H23BrF2N2O3S/c1-10-17(11(2)27-23-10)16(25)9-19(6,24-28(26)18(3,4)5)12-7-13(20)15(22)8-14(12)21/h7-8,24H,9H2,1-6H3. The lowest BCUT2D eigenvalue weighted by Crippen LogP contribution is -2.48. The molecule has 0 radical (unpaired) electrons. The summed E-state index contributed by atoms with van der Waals surface area (Å²) in [6, 6.07) is 2.00. The van der Waals surface area contributed by atoms with Crippen molar-refractivity contribution in [1.82, 2.24) is 9.88 Å². The van der Waals surface area contributed by atoms with Gasteiger partial charge in [-0.15, -0.1) is 0 Å². The molecule has 2 aromatic rings. The average molecular weight is 477 g/mol. The van der Waals surface area contributed by atoms with Gasteiger partial charge in [0.15, 0.2) is 5.78 Å². The Bertz CT molecular complexity index is 920. The zero-order valence-corrected chi connectivity index (χ0v) is 19.0. The van der Waals surface area contributed by atoms with E-state index in [2.05, 4.69) is 25.8 Å². The van der Waals surface area contributed by atoms with Crippen LogP contribution in [-0.4, -0.2) is 19.9 Å². The molecular formula is C19H23BrF2N2O3S. The van der Waals surface area contributed by atoms with E-state index >= 15 is 0 Å². The number of nitrogens with one attached hydrogen (secondary N) is 1. The minimum Gasteiger partial charge on any atom is -0.361 e. The largest absolute Gasteiger partial charge is 0.361 e. The second-order valence-electron chi connectivity index (χ2n) is 7.86. The summed E-state index contributed by atoms with van der Waals surface area (Å²) in [6.45, 7) is 10.1. The molecule has 2 rings (SSSR count). The molecule has 0 saturated carbocycles. The first-order valence-electron chi connectivity index (χ1n) is 8.57. The van der Waals surface area contributed by atoms with Crippen LogP contribution < -0.4 is 4.72 Å². The Morgan fingerprint density at radius 1 is 1.21 bits per heavy atom. The van der Waals surface area contributed by atoms with Crippen LogP contribution in [0.5, 0.6) is 0 Å². The maximum atomic E-state index is 14.7. The third-order valence-corrected chi connectivity index (χ3v) is 6.66. The molecule has 0 bridgehead atoms. The molecule has 1 aromatic heterocycles. The van der Waals surface area contributed by atoms with Gasteiger partial charge < -0.3 is 4.52 Å². The molecule has 0 fully saturated rings. The van der Waals surface area contributed by atoms with Crippen molar-refractivity contribution in [2.24, 2.45) is 0 Å². The molecular weight excluding hydrogens is 454 g/mol. The van der Waals surface area contributed by atoms with Crippen molar-refractivity contribution >= 4 is 32.7 Å². The Kier molecular flexibility index (Phi) is 6.62. The van der Waals surface area contributed by atoms with Crippen LogP contribution in [0, 0.1) is 25.5 Å². The van der Waals surface area contributed by atoms with E-state index in [9.17, 15) is 17.8 Å². The van der Waals surface area contributed by atoms with E-state index in [1.807, 2.05) is 0 Å². The highest BCUT2D eigenvalue weighted by Crippen LogP contribution is 2.34. The third kappa shape index (κ3) is 4.75. The number of carbonyl (C=O) groups is 1. The van der Waals surface area contributed by atoms with Crippen molar-refractivity contribution in [1.29, 1.82) is 0 Å². The van der Waals surface area contributed by atoms with Gasteiger partial charge >= 0.3 is 0 Å². The van der Waals surface area contributed by atoms with Crippen LogP contribution in [0.25, 0.3) is 0 Å². The van der Waals surface area contributed by atoms with Crippen LogP contribution in [0.1, 0.15) is 61.5 Å². The van der Waals surface area contributed by atoms with Gasteiger partial charge in [-0.2, -0.15) is 0 Å². The van der Waals surface area contributed by atoms with Gasteiger partial charge in [0.1, 0.15) is 17.4 Å². The van der Waals surface area contributed by atoms with Gasteiger partial charge in [0.05, 0.1) is 37.0 Å². The highest BCUT2D eigenvalue weighted by molar-refractivity contribution is 9.10. The molecule has 1 N–H and O–H groups in total. The lowest BCUT2D eigenvalue weighted by molar-refractivity contribution is 0.0947. The predicted molar refractivity (Wildman–Crippen MR) is 107 cm³/mol. The molecule has 5 nitrogen and oxygen atoms in total. The molecule has 0 amide bonds. The smallest absolute Gasteiger partial charge is 0.170 e. The first kappa shape index (κ1) is 22.8. The number of rotatable bonds is 6. The normalized spacial score (nSPS) is 15.3. The van der Waals surface area contributed by atoms with Gasteiger partial charge in [0, 0.05) is 18.1 Å². The number of nitrogens with zero attached hydrogens (tertiary/aromatic N) is 1. The van der Waals surface area contributed by atoms with Crippen molar-refractivity contribution in [3.8, 4) is 0 Å². The SMILES string of the molecule is Cc1noc(C)c1C(=O)CC(C)(NS(=O)C(C)(C)C)c1cc(Br)c(F)cc1F. The monoisotopic (exact) mass is 476 g/mol. The topological polar surface area (TPSA) is 72.2 Å². The van der Waals surface area contributed by atoms with Crippen LogP contribution in [0.3, 0.4) is 0 Å². The van der Waals surface area contributed by atoms with Crippen molar-refractivity contribution in [2.45, 2.75) is 58.2 Å². The van der Waals surface area contributed by atoms with Crippen molar-refractivity contribution < 1.29 is 22.3 Å². The summed E-state index contributed by atoms with van der Waals surface area (Å²) in [5.41, 5.74) is -0.622. The highest BCUT2D eigenvalue weighted by Gasteiger charge is 2.38. The second-order valence-corrected chi connectivity index (χ2v) is 10.7. The zero-order valence-electron chi connectivity index (χ0n) is 16.6. The molecule has 154 valence electrons. The summed E-state index contributed by atoms with van der Waals surface area (Å²) in [4.78, 5) is 13.0. The van der Waals surface area contributed by atoms with Gasteiger partial charge in [-0.3, -0.25) is 4.79 Å². The summed E-state index contributed by atoms with van der Waals surface area (Å²) in [5, 5.41) is 3.78. The summed E-state index contributed by atoms with van der Waals surface area (Å²) in [6.07, 6.45) is -0.229. The lowest BCUT2D eigenvalue weighted by atomic mass is 9.85. The quantitative estimate of drug-likeness (QED) is 0.476. The van der Waals surface area contributed by atoms with E-state index in [-0.39, 0.29) is 22.2 Å². The number of halogens is 3. The average Bonchev–Trinajstić information content (AvgIpc) is 2.88. The fourth-order valence-electron chi connectivity index (χ4n) is 2.78. The number of benzene rings is 1. The molecule has 1 aromatic carbocycles. The highest BCUT2D eigenvalue weighted by atomic mass is 79.9. The van der Waals surface area contributed by atoms with E-state index in [1.54, 1.807) is 41.5 Å². The molecule has 2 atom stereocenters. The third-order valence-electron chi connectivity index (χ3n) is 4.30. The molecule has 0 aliphatic heterocycles. The molecule has 1 heterocycles. The predicted octanol–water partition coefficient (Wildman–Crippen LogP) is 4.87. The molecule has 0 spiro atoms. The maximum absolute atomic E-state index is 14.7. The Morgan fingerprint density at radius 3 is 2.32 bits per heavy atom. The first-order chi connectivity index (χ1) is 12.8. The number of carbonyl (C=O) groups excluding carboxylic acids is 1. The zero-order chi connectivity index (χ0) is 21.4. The van der Waals surface area contributed by atoms with Gasteiger partial charge in [0.2, 0.25) is 0 Å². The Balaban J connectivity index is 2.55. The molecule has 2 unspecified atom stereocenters. The summed E-state index contributed by atoms with van der Waals surface area (Å²) < 4.78 is 48.5.